The van der Waals surface area contributed by atoms with E-state index in [1.165, 1.54) is 28.4 Å². The fourth-order valence-electron chi connectivity index (χ4n) is 4.28. The van der Waals surface area contributed by atoms with Gasteiger partial charge >= 0.3 is 12.1 Å². The molecule has 2 aliphatic rings. The highest BCUT2D eigenvalue weighted by Crippen LogP contribution is 2.47. The zero-order chi connectivity index (χ0) is 23.0. The number of hydrogen-bond acceptors (Lipinski definition) is 6. The van der Waals surface area contributed by atoms with Crippen LogP contribution in [0.25, 0.3) is 0 Å². The summed E-state index contributed by atoms with van der Waals surface area (Å²) in [4.78, 5) is 27.5. The number of carbonyl (C=O) groups is 2. The van der Waals surface area contributed by atoms with Gasteiger partial charge in [-0.3, -0.25) is 9.69 Å². The highest BCUT2D eigenvalue weighted by Gasteiger charge is 2.43. The van der Waals surface area contributed by atoms with Crippen molar-refractivity contribution >= 4 is 28.8 Å². The zero-order valence-electron chi connectivity index (χ0n) is 17.2. The highest BCUT2D eigenvalue weighted by molar-refractivity contribution is 7.08. The van der Waals surface area contributed by atoms with E-state index < -0.39 is 23.6 Å². The van der Waals surface area contributed by atoms with E-state index in [4.69, 9.17) is 10.5 Å². The molecule has 0 bridgehead atoms. The summed E-state index contributed by atoms with van der Waals surface area (Å²) in [7, 11) is 0. The summed E-state index contributed by atoms with van der Waals surface area (Å²) in [5.74, 6) is -1.57. The number of carbonyl (C=O) groups excluding carboxylic acids is 2. The average Bonchev–Trinajstić information content (AvgIpc) is 3.27. The van der Waals surface area contributed by atoms with Crippen LogP contribution in [-0.4, -0.2) is 18.4 Å². The molecule has 1 aromatic carbocycles. The number of Topliss-reactive ketones (excluding diaryl/α,β-unsaturated/α-hetero) is 1. The van der Waals surface area contributed by atoms with E-state index in [1.54, 1.807) is 6.92 Å². The van der Waals surface area contributed by atoms with Gasteiger partial charge in [0.1, 0.15) is 5.82 Å². The van der Waals surface area contributed by atoms with Crippen molar-refractivity contribution in [3.63, 3.8) is 0 Å². The molecule has 0 radical (unpaired) electrons. The van der Waals surface area contributed by atoms with Crippen molar-refractivity contribution in [2.75, 3.05) is 11.5 Å². The van der Waals surface area contributed by atoms with Crippen molar-refractivity contribution in [2.45, 2.75) is 38.3 Å². The van der Waals surface area contributed by atoms with E-state index >= 15 is 0 Å². The van der Waals surface area contributed by atoms with Crippen LogP contribution in [0.4, 0.5) is 18.9 Å². The van der Waals surface area contributed by atoms with Crippen LogP contribution in [0.1, 0.15) is 43.2 Å². The van der Waals surface area contributed by atoms with Crippen molar-refractivity contribution in [2.24, 2.45) is 5.73 Å². The van der Waals surface area contributed by atoms with E-state index in [-0.39, 0.29) is 29.5 Å². The molecule has 0 spiro atoms. The lowest BCUT2D eigenvalue weighted by atomic mass is 9.76. The van der Waals surface area contributed by atoms with Gasteiger partial charge < -0.3 is 10.5 Å². The molecular weight excluding hydrogens is 441 g/mol. The number of esters is 1. The molecule has 1 atom stereocenters. The number of rotatable bonds is 4. The van der Waals surface area contributed by atoms with Crippen LogP contribution in [0.3, 0.4) is 0 Å². The Morgan fingerprint density at radius 3 is 2.72 bits per heavy atom. The van der Waals surface area contributed by atoms with E-state index in [0.29, 0.717) is 30.5 Å². The number of thiophene rings is 1. The fraction of sp³-hybridized carbons (Fsp3) is 0.304. The molecule has 168 valence electrons. The van der Waals surface area contributed by atoms with Crippen LogP contribution in [0.15, 0.2) is 63.8 Å². The number of anilines is 1. The third-order valence-electron chi connectivity index (χ3n) is 5.60. The molecule has 9 heteroatoms. The Morgan fingerprint density at radius 1 is 1.28 bits per heavy atom. The number of nitrogens with zero attached hydrogens (tertiary/aromatic N) is 1. The summed E-state index contributed by atoms with van der Waals surface area (Å²) in [5, 5.41) is 3.67. The van der Waals surface area contributed by atoms with Gasteiger partial charge in [0.15, 0.2) is 5.78 Å². The highest BCUT2D eigenvalue weighted by atomic mass is 32.1. The molecule has 2 N–H and O–H groups in total. The molecule has 5 nitrogen and oxygen atoms in total. The summed E-state index contributed by atoms with van der Waals surface area (Å²) in [6.07, 6.45) is -3.25. The van der Waals surface area contributed by atoms with Gasteiger partial charge in [0.25, 0.3) is 0 Å². The van der Waals surface area contributed by atoms with E-state index in [0.717, 1.165) is 17.7 Å². The molecule has 0 amide bonds. The third-order valence-corrected chi connectivity index (χ3v) is 6.30. The van der Waals surface area contributed by atoms with Crippen molar-refractivity contribution in [3.05, 3.63) is 74.9 Å². The number of nitrogens with two attached hydrogens (primary N) is 1. The number of halogens is 3. The van der Waals surface area contributed by atoms with Gasteiger partial charge in [0.2, 0.25) is 0 Å². The third kappa shape index (κ3) is 3.81. The van der Waals surface area contributed by atoms with Gasteiger partial charge in [-0.25, -0.2) is 4.79 Å². The Kier molecular flexibility index (Phi) is 5.85. The molecule has 32 heavy (non-hydrogen) atoms. The molecule has 4 rings (SSSR count). The minimum Gasteiger partial charge on any atom is -0.463 e. The SMILES string of the molecule is CCOC(=O)C1=C(N)N(c2cccc(C(F)(F)F)c2)C2=C(C(=O)CCC2)[C@H]1c1ccsc1. The second-order valence-corrected chi connectivity index (χ2v) is 8.31. The largest absolute Gasteiger partial charge is 0.463 e. The first-order valence-corrected chi connectivity index (χ1v) is 11.1. The number of ether oxygens (including phenoxy) is 1. The van der Waals surface area contributed by atoms with E-state index in [1.807, 2.05) is 16.8 Å². The summed E-state index contributed by atoms with van der Waals surface area (Å²) in [6, 6.07) is 6.53. The molecule has 2 aromatic rings. The van der Waals surface area contributed by atoms with Crippen LogP contribution in [0.5, 0.6) is 0 Å². The van der Waals surface area contributed by atoms with Crippen molar-refractivity contribution in [1.82, 2.24) is 0 Å². The van der Waals surface area contributed by atoms with Crippen LogP contribution in [0, 0.1) is 0 Å². The maximum atomic E-state index is 13.4. The Morgan fingerprint density at radius 2 is 2.06 bits per heavy atom. The maximum absolute atomic E-state index is 13.4. The van der Waals surface area contributed by atoms with Crippen LogP contribution >= 0.6 is 11.3 Å². The van der Waals surface area contributed by atoms with Gasteiger partial charge in [-0.2, -0.15) is 24.5 Å². The maximum Gasteiger partial charge on any atom is 0.416 e. The molecule has 1 aliphatic heterocycles. The lowest BCUT2D eigenvalue weighted by molar-refractivity contribution is -0.139. The molecular formula is C23H21F3N2O3S. The number of alkyl halides is 3. The number of hydrogen-bond donors (Lipinski definition) is 1. The van der Waals surface area contributed by atoms with Gasteiger partial charge in [-0.1, -0.05) is 6.07 Å². The first kappa shape index (κ1) is 22.1. The summed E-state index contributed by atoms with van der Waals surface area (Å²) < 4.78 is 45.4. The van der Waals surface area contributed by atoms with Crippen molar-refractivity contribution < 1.29 is 27.5 Å². The minimum atomic E-state index is -4.55. The predicted octanol–water partition coefficient (Wildman–Crippen LogP) is 5.11. The second kappa shape index (κ2) is 8.46. The molecule has 0 saturated heterocycles. The smallest absolute Gasteiger partial charge is 0.416 e. The molecule has 0 fully saturated rings. The van der Waals surface area contributed by atoms with Crippen molar-refractivity contribution in [3.8, 4) is 0 Å². The first-order valence-electron chi connectivity index (χ1n) is 10.2. The van der Waals surface area contributed by atoms with E-state index in [9.17, 15) is 22.8 Å². The lowest BCUT2D eigenvalue weighted by Crippen LogP contribution is -2.41. The predicted molar refractivity (Wildman–Crippen MR) is 115 cm³/mol. The Hall–Kier alpha value is -3.07. The molecule has 0 saturated carbocycles. The summed E-state index contributed by atoms with van der Waals surface area (Å²) >= 11 is 1.42. The zero-order valence-corrected chi connectivity index (χ0v) is 18.1. The van der Waals surface area contributed by atoms with Crippen molar-refractivity contribution in [1.29, 1.82) is 0 Å². The Labute approximate surface area is 187 Å². The molecule has 1 aliphatic carbocycles. The number of benzene rings is 1. The Balaban J connectivity index is 1.97. The number of ketones is 1. The Bertz CT molecular complexity index is 1120. The van der Waals surface area contributed by atoms with Gasteiger partial charge in [0, 0.05) is 23.4 Å². The molecule has 0 unspecified atom stereocenters. The van der Waals surface area contributed by atoms with Gasteiger partial charge in [-0.15, -0.1) is 0 Å². The standard InChI is InChI=1S/C23H21F3N2O3S/c1-2-31-22(30)20-18(13-9-10-32-12-13)19-16(7-4-8-17(19)29)28(21(20)27)15-6-3-5-14(11-15)23(24,25)26/h3,5-6,9-12,18H,2,4,7-8,27H2,1H3/t18-/m1/s1. The van der Waals surface area contributed by atoms with Crippen LogP contribution in [-0.2, 0) is 20.5 Å². The van der Waals surface area contributed by atoms with Crippen LogP contribution < -0.4 is 10.6 Å². The molecule has 1 aromatic heterocycles. The second-order valence-electron chi connectivity index (χ2n) is 7.53. The quantitative estimate of drug-likeness (QED) is 0.640. The molecule has 2 heterocycles. The van der Waals surface area contributed by atoms with E-state index in [2.05, 4.69) is 0 Å². The lowest BCUT2D eigenvalue weighted by Gasteiger charge is -2.40. The first-order chi connectivity index (χ1) is 15.2. The summed E-state index contributed by atoms with van der Waals surface area (Å²) in [5.41, 5.74) is 7.49. The normalized spacial score (nSPS) is 19.3. The fourth-order valence-corrected chi connectivity index (χ4v) is 4.97. The monoisotopic (exact) mass is 462 g/mol. The minimum absolute atomic E-state index is 0.0209. The average molecular weight is 462 g/mol. The summed E-state index contributed by atoms with van der Waals surface area (Å²) in [6.45, 7) is 1.74. The van der Waals surface area contributed by atoms with Crippen LogP contribution in [0.2, 0.25) is 0 Å². The topological polar surface area (TPSA) is 72.6 Å². The number of allylic oxidation sites excluding steroid dienone is 2. The van der Waals surface area contributed by atoms with Gasteiger partial charge in [-0.05, 0) is 60.4 Å². The van der Waals surface area contributed by atoms with Gasteiger partial charge in [0.05, 0.1) is 23.7 Å².